The molecule has 226 valence electrons. The van der Waals surface area contributed by atoms with Crippen molar-refractivity contribution in [3.05, 3.63) is 59.2 Å². The quantitative estimate of drug-likeness (QED) is 0.478. The monoisotopic (exact) mass is 603 g/mol. The lowest BCUT2D eigenvalue weighted by Gasteiger charge is -2.35. The number of alkyl halides is 1. The van der Waals surface area contributed by atoms with E-state index in [1.165, 1.54) is 11.1 Å². The number of aliphatic hydroxyl groups is 2. The molecular formula is C29H44Cl2FN3O5. The molecule has 3 aliphatic rings. The van der Waals surface area contributed by atoms with Crippen LogP contribution in [0.1, 0.15) is 37.7 Å². The zero-order valence-electron chi connectivity index (χ0n) is 22.8. The van der Waals surface area contributed by atoms with Gasteiger partial charge in [-0.2, -0.15) is 0 Å². The van der Waals surface area contributed by atoms with Gasteiger partial charge in [0.15, 0.2) is 0 Å². The van der Waals surface area contributed by atoms with Gasteiger partial charge in [-0.05, 0) is 43.0 Å². The number of piperidine rings is 1. The first kappa shape index (κ1) is 32.4. The third-order valence-corrected chi connectivity index (χ3v) is 7.58. The zero-order chi connectivity index (χ0) is 26.6. The smallest absolute Gasteiger partial charge is 0.257 e. The van der Waals surface area contributed by atoms with E-state index in [-0.39, 0.29) is 46.7 Å². The maximum absolute atomic E-state index is 14.7. The number of carbonyl (C=O) groups is 1. The van der Waals surface area contributed by atoms with Gasteiger partial charge in [0.05, 0.1) is 24.3 Å². The summed E-state index contributed by atoms with van der Waals surface area (Å²) in [6.07, 6.45) is -1.46. The number of benzene rings is 2. The SMILES string of the molecule is CC(O)CN1CC[C@@H](Oc2ccc3c(c2)OCCN(C[C@H](O)CN2CCc4ccccc4C2)C3=O)[C@H](F)C1.Cl.Cl.[HH].[HH]. The summed E-state index contributed by atoms with van der Waals surface area (Å²) in [5.74, 6) is 0.688. The Labute approximate surface area is 250 Å². The molecule has 1 unspecified atom stereocenters. The Morgan fingerprint density at radius 2 is 1.82 bits per heavy atom. The number of aliphatic hydroxyl groups excluding tert-OH is 2. The van der Waals surface area contributed by atoms with E-state index < -0.39 is 24.5 Å². The normalized spacial score (nSPS) is 22.9. The Balaban J connectivity index is 0.00000220. The predicted octanol–water partition coefficient (Wildman–Crippen LogP) is 3.45. The molecule has 0 aromatic heterocycles. The van der Waals surface area contributed by atoms with Crippen LogP contribution >= 0.6 is 24.8 Å². The topological polar surface area (TPSA) is 85.7 Å². The standard InChI is InChI=1S/C29H38FN3O5.2ClH.2H2/c1-20(34)15-31-11-9-27(26(30)19-31)38-24-6-7-25-28(14-24)37-13-12-33(29(25)36)18-23(35)17-32-10-8-21-4-2-3-5-22(21)16-32;;;;/h2-7,14,20,23,26-27,34-35H,8-13,15-19H2,1H3;4*1H/t20?,23-,26-,27-;;;;/m1..../s1. The maximum atomic E-state index is 14.7. The van der Waals surface area contributed by atoms with Crippen molar-refractivity contribution in [1.29, 1.82) is 0 Å². The van der Waals surface area contributed by atoms with Crippen LogP contribution in [0.25, 0.3) is 0 Å². The van der Waals surface area contributed by atoms with Gasteiger partial charge in [0, 0.05) is 54.7 Å². The van der Waals surface area contributed by atoms with Crippen LogP contribution in [0, 0.1) is 0 Å². The van der Waals surface area contributed by atoms with Gasteiger partial charge in [-0.15, -0.1) is 24.8 Å². The number of β-amino-alcohol motifs (C(OH)–C–C–N with tert-alkyl or cyclic N) is 2. The second kappa shape index (κ2) is 14.7. The number of halogens is 3. The minimum absolute atomic E-state index is 0. The minimum atomic E-state index is -1.17. The number of fused-ring (bicyclic) bond motifs is 2. The van der Waals surface area contributed by atoms with Crippen LogP contribution in [0.5, 0.6) is 11.5 Å². The number of nitrogens with zero attached hydrogens (tertiary/aromatic N) is 3. The van der Waals surface area contributed by atoms with E-state index in [1.807, 2.05) is 11.0 Å². The molecule has 0 bridgehead atoms. The Kier molecular flexibility index (Phi) is 11.9. The van der Waals surface area contributed by atoms with E-state index in [4.69, 9.17) is 9.47 Å². The van der Waals surface area contributed by atoms with Crippen LogP contribution in [-0.4, -0.2) is 108 Å². The summed E-state index contributed by atoms with van der Waals surface area (Å²) < 4.78 is 26.6. The molecule has 3 aliphatic heterocycles. The Bertz CT molecular complexity index is 1140. The number of likely N-dealkylation sites (tertiary alicyclic amines) is 1. The Hall–Kier alpha value is -2.14. The van der Waals surface area contributed by atoms with Crippen LogP contribution in [0.15, 0.2) is 42.5 Å². The van der Waals surface area contributed by atoms with Gasteiger partial charge in [-0.3, -0.25) is 14.6 Å². The Morgan fingerprint density at radius 1 is 1.05 bits per heavy atom. The molecule has 1 amide bonds. The number of rotatable bonds is 8. The summed E-state index contributed by atoms with van der Waals surface area (Å²) in [5, 5.41) is 20.4. The average Bonchev–Trinajstić information content (AvgIpc) is 3.03. The van der Waals surface area contributed by atoms with Crippen molar-refractivity contribution < 1.29 is 31.7 Å². The van der Waals surface area contributed by atoms with E-state index in [0.717, 1.165) is 19.5 Å². The fraction of sp³-hybridized carbons (Fsp3) is 0.552. The third-order valence-electron chi connectivity index (χ3n) is 7.58. The molecule has 0 aliphatic carbocycles. The molecule has 0 spiro atoms. The summed E-state index contributed by atoms with van der Waals surface area (Å²) in [4.78, 5) is 19.1. The minimum Gasteiger partial charge on any atom is -0.491 e. The van der Waals surface area contributed by atoms with Gasteiger partial charge in [0.1, 0.15) is 30.4 Å². The first-order valence-electron chi connectivity index (χ1n) is 13.6. The molecule has 1 saturated heterocycles. The van der Waals surface area contributed by atoms with Crippen molar-refractivity contribution in [2.24, 2.45) is 0 Å². The highest BCUT2D eigenvalue weighted by Gasteiger charge is 2.32. The fourth-order valence-electron chi connectivity index (χ4n) is 5.70. The van der Waals surface area contributed by atoms with Gasteiger partial charge < -0.3 is 24.6 Å². The van der Waals surface area contributed by atoms with Crippen LogP contribution < -0.4 is 9.47 Å². The lowest BCUT2D eigenvalue weighted by atomic mass is 10.00. The fourth-order valence-corrected chi connectivity index (χ4v) is 5.70. The van der Waals surface area contributed by atoms with E-state index in [0.29, 0.717) is 56.3 Å². The maximum Gasteiger partial charge on any atom is 0.257 e. The number of hydrogen-bond acceptors (Lipinski definition) is 7. The van der Waals surface area contributed by atoms with Crippen molar-refractivity contribution in [3.63, 3.8) is 0 Å². The second-order valence-electron chi connectivity index (χ2n) is 10.7. The molecule has 0 radical (unpaired) electrons. The summed E-state index contributed by atoms with van der Waals surface area (Å²) >= 11 is 0. The molecule has 40 heavy (non-hydrogen) atoms. The summed E-state index contributed by atoms with van der Waals surface area (Å²) in [6.45, 7) is 6.10. The molecular weight excluding hydrogens is 560 g/mol. The molecule has 11 heteroatoms. The molecule has 5 rings (SSSR count). The van der Waals surface area contributed by atoms with E-state index in [2.05, 4.69) is 23.1 Å². The lowest BCUT2D eigenvalue weighted by Crippen LogP contribution is -2.48. The highest BCUT2D eigenvalue weighted by molar-refractivity contribution is 5.97. The lowest BCUT2D eigenvalue weighted by molar-refractivity contribution is 0.00724. The number of amides is 1. The van der Waals surface area contributed by atoms with Gasteiger partial charge in [-0.25, -0.2) is 4.39 Å². The Morgan fingerprint density at radius 3 is 2.58 bits per heavy atom. The summed E-state index contributed by atoms with van der Waals surface area (Å²) in [7, 11) is 0. The van der Waals surface area contributed by atoms with Crippen LogP contribution in [0.3, 0.4) is 0 Å². The molecule has 2 aromatic rings. The number of hydrogen-bond donors (Lipinski definition) is 2. The molecule has 2 aromatic carbocycles. The molecule has 4 atom stereocenters. The van der Waals surface area contributed by atoms with Crippen molar-refractivity contribution in [1.82, 2.24) is 14.7 Å². The number of carbonyl (C=O) groups excluding carboxylic acids is 1. The van der Waals surface area contributed by atoms with Crippen molar-refractivity contribution >= 4 is 30.7 Å². The average molecular weight is 605 g/mol. The second-order valence-corrected chi connectivity index (χ2v) is 10.7. The molecule has 0 saturated carbocycles. The molecule has 1 fully saturated rings. The molecule has 3 heterocycles. The van der Waals surface area contributed by atoms with Crippen molar-refractivity contribution in [3.8, 4) is 11.5 Å². The van der Waals surface area contributed by atoms with Gasteiger partial charge in [0.2, 0.25) is 0 Å². The third kappa shape index (κ3) is 7.99. The van der Waals surface area contributed by atoms with Crippen molar-refractivity contribution in [2.75, 3.05) is 52.4 Å². The van der Waals surface area contributed by atoms with Gasteiger partial charge in [-0.1, -0.05) is 24.3 Å². The van der Waals surface area contributed by atoms with Gasteiger partial charge >= 0.3 is 0 Å². The zero-order valence-corrected chi connectivity index (χ0v) is 24.4. The largest absolute Gasteiger partial charge is 0.491 e. The molecule has 2 N–H and O–H groups in total. The molecule has 8 nitrogen and oxygen atoms in total. The summed E-state index contributed by atoms with van der Waals surface area (Å²) in [6, 6.07) is 13.4. The highest BCUT2D eigenvalue weighted by Crippen LogP contribution is 2.30. The van der Waals surface area contributed by atoms with E-state index in [9.17, 15) is 19.4 Å². The first-order valence-corrected chi connectivity index (χ1v) is 13.6. The first-order chi connectivity index (χ1) is 18.4. The van der Waals surface area contributed by atoms with Crippen molar-refractivity contribution in [2.45, 2.75) is 50.8 Å². The van der Waals surface area contributed by atoms with Crippen LogP contribution in [0.4, 0.5) is 4.39 Å². The highest BCUT2D eigenvalue weighted by atomic mass is 35.5. The van der Waals surface area contributed by atoms with Crippen LogP contribution in [0.2, 0.25) is 0 Å². The van der Waals surface area contributed by atoms with Crippen LogP contribution in [-0.2, 0) is 13.0 Å². The van der Waals surface area contributed by atoms with E-state index >= 15 is 0 Å². The summed E-state index contributed by atoms with van der Waals surface area (Å²) in [5.41, 5.74) is 3.07. The number of ether oxygens (including phenoxy) is 2. The predicted molar refractivity (Wildman–Crippen MR) is 160 cm³/mol. The van der Waals surface area contributed by atoms with Gasteiger partial charge in [0.25, 0.3) is 5.91 Å². The van der Waals surface area contributed by atoms with E-state index in [1.54, 1.807) is 30.0 Å².